The van der Waals surface area contributed by atoms with Gasteiger partial charge < -0.3 is 10.1 Å². The third-order valence-corrected chi connectivity index (χ3v) is 3.41. The molecule has 1 aromatic heterocycles. The number of aromatic nitrogens is 1. The van der Waals surface area contributed by atoms with Gasteiger partial charge >= 0.3 is 0 Å². The molecule has 2 aromatic rings. The minimum absolute atomic E-state index is 0.317. The summed E-state index contributed by atoms with van der Waals surface area (Å²) in [7, 11) is 0. The molecule has 0 spiro atoms. The molecule has 1 aliphatic rings. The van der Waals surface area contributed by atoms with Gasteiger partial charge in [-0.2, -0.15) is 0 Å². The first-order valence-corrected chi connectivity index (χ1v) is 6.51. The van der Waals surface area contributed by atoms with Crippen molar-refractivity contribution in [3.8, 4) is 0 Å². The second kappa shape index (κ2) is 5.04. The predicted octanol–water partition coefficient (Wildman–Crippen LogP) is 2.59. The molecule has 3 nitrogen and oxygen atoms in total. The number of pyridine rings is 1. The quantitative estimate of drug-likeness (QED) is 0.834. The van der Waals surface area contributed by atoms with Crippen LogP contribution >= 0.6 is 0 Å². The summed E-state index contributed by atoms with van der Waals surface area (Å²) in [6.45, 7) is 4.61. The van der Waals surface area contributed by atoms with Gasteiger partial charge in [-0.3, -0.25) is 4.98 Å². The number of fused-ring (bicyclic) bond motifs is 1. The maximum Gasteiger partial charge on any atom is 0.0708 e. The lowest BCUT2D eigenvalue weighted by atomic mass is 10.1. The molecule has 1 aliphatic heterocycles. The Labute approximate surface area is 107 Å². The number of aryl methyl sites for hydroxylation is 1. The molecule has 1 saturated heterocycles. The fourth-order valence-corrected chi connectivity index (χ4v) is 2.40. The zero-order valence-electron chi connectivity index (χ0n) is 10.6. The minimum atomic E-state index is 0.317. The highest BCUT2D eigenvalue weighted by Gasteiger charge is 2.15. The topological polar surface area (TPSA) is 34.1 Å². The lowest BCUT2D eigenvalue weighted by Crippen LogP contribution is -2.22. The summed E-state index contributed by atoms with van der Waals surface area (Å²) in [5.41, 5.74) is 3.46. The second-order valence-electron chi connectivity index (χ2n) is 4.84. The summed E-state index contributed by atoms with van der Waals surface area (Å²) in [6.07, 6.45) is 0.990. The van der Waals surface area contributed by atoms with Crippen molar-refractivity contribution < 1.29 is 4.74 Å². The number of nitrogens with one attached hydrogen (secondary N) is 1. The van der Waals surface area contributed by atoms with Gasteiger partial charge in [-0.1, -0.05) is 18.2 Å². The summed E-state index contributed by atoms with van der Waals surface area (Å²) in [4.78, 5) is 4.78. The number of rotatable bonds is 1. The molecule has 1 N–H and O–H groups in total. The monoisotopic (exact) mass is 242 g/mol. The van der Waals surface area contributed by atoms with E-state index in [1.54, 1.807) is 0 Å². The zero-order valence-corrected chi connectivity index (χ0v) is 10.6. The van der Waals surface area contributed by atoms with E-state index in [0.29, 0.717) is 6.04 Å². The van der Waals surface area contributed by atoms with Crippen LogP contribution in [0.25, 0.3) is 10.9 Å². The van der Waals surface area contributed by atoms with Crippen LogP contribution in [0.5, 0.6) is 0 Å². The molecular formula is C15H18N2O. The van der Waals surface area contributed by atoms with Crippen LogP contribution in [0.2, 0.25) is 0 Å². The summed E-state index contributed by atoms with van der Waals surface area (Å²) < 4.78 is 5.46. The summed E-state index contributed by atoms with van der Waals surface area (Å²) >= 11 is 0. The van der Waals surface area contributed by atoms with Crippen molar-refractivity contribution in [2.45, 2.75) is 19.4 Å². The summed E-state index contributed by atoms with van der Waals surface area (Å²) in [5, 5.41) is 4.69. The second-order valence-corrected chi connectivity index (χ2v) is 4.84. The van der Waals surface area contributed by atoms with Gasteiger partial charge in [0.2, 0.25) is 0 Å². The van der Waals surface area contributed by atoms with E-state index in [1.807, 2.05) is 0 Å². The van der Waals surface area contributed by atoms with E-state index < -0.39 is 0 Å². The number of benzene rings is 1. The van der Waals surface area contributed by atoms with Gasteiger partial charge in [0.1, 0.15) is 0 Å². The molecule has 18 heavy (non-hydrogen) atoms. The van der Waals surface area contributed by atoms with E-state index in [1.165, 1.54) is 10.9 Å². The predicted molar refractivity (Wildman–Crippen MR) is 72.7 cm³/mol. The van der Waals surface area contributed by atoms with Crippen LogP contribution in [-0.4, -0.2) is 24.7 Å². The number of hydrogen-bond donors (Lipinski definition) is 1. The van der Waals surface area contributed by atoms with E-state index in [9.17, 15) is 0 Å². The van der Waals surface area contributed by atoms with Gasteiger partial charge in [0.15, 0.2) is 0 Å². The Morgan fingerprint density at radius 2 is 2.11 bits per heavy atom. The van der Waals surface area contributed by atoms with E-state index in [2.05, 4.69) is 42.6 Å². The molecule has 3 rings (SSSR count). The highest BCUT2D eigenvalue weighted by Crippen LogP contribution is 2.20. The molecular weight excluding hydrogens is 224 g/mol. The first-order chi connectivity index (χ1) is 8.83. The van der Waals surface area contributed by atoms with Crippen molar-refractivity contribution >= 4 is 10.9 Å². The van der Waals surface area contributed by atoms with Crippen LogP contribution in [0.4, 0.5) is 0 Å². The fourth-order valence-electron chi connectivity index (χ4n) is 2.40. The molecule has 1 aromatic carbocycles. The maximum atomic E-state index is 5.46. The highest BCUT2D eigenvalue weighted by atomic mass is 16.5. The third kappa shape index (κ3) is 2.37. The molecule has 0 amide bonds. The Morgan fingerprint density at radius 3 is 3.06 bits per heavy atom. The van der Waals surface area contributed by atoms with Crippen LogP contribution < -0.4 is 5.32 Å². The van der Waals surface area contributed by atoms with Gasteiger partial charge in [-0.25, -0.2) is 0 Å². The molecule has 2 heterocycles. The van der Waals surface area contributed by atoms with Gasteiger partial charge in [0, 0.05) is 18.5 Å². The summed E-state index contributed by atoms with van der Waals surface area (Å²) in [5.74, 6) is 0. The Balaban J connectivity index is 1.96. The smallest absolute Gasteiger partial charge is 0.0708 e. The van der Waals surface area contributed by atoms with E-state index in [-0.39, 0.29) is 0 Å². The molecule has 1 unspecified atom stereocenters. The lowest BCUT2D eigenvalue weighted by Gasteiger charge is -2.15. The van der Waals surface area contributed by atoms with Crippen molar-refractivity contribution in [2.75, 3.05) is 19.8 Å². The Morgan fingerprint density at radius 1 is 1.22 bits per heavy atom. The minimum Gasteiger partial charge on any atom is -0.380 e. The van der Waals surface area contributed by atoms with Crippen LogP contribution in [0.1, 0.15) is 23.7 Å². The third-order valence-electron chi connectivity index (χ3n) is 3.41. The van der Waals surface area contributed by atoms with Crippen molar-refractivity contribution in [3.63, 3.8) is 0 Å². The fraction of sp³-hybridized carbons (Fsp3) is 0.400. The SMILES string of the molecule is Cc1ccc2ccc(C3CCOCCN3)nc2c1. The van der Waals surface area contributed by atoms with E-state index in [0.717, 1.165) is 37.4 Å². The molecule has 0 bridgehead atoms. The molecule has 1 fully saturated rings. The number of ether oxygens (including phenoxy) is 1. The normalized spacial score (nSPS) is 20.8. The van der Waals surface area contributed by atoms with E-state index in [4.69, 9.17) is 9.72 Å². The van der Waals surface area contributed by atoms with Gasteiger partial charge in [0.05, 0.1) is 23.9 Å². The van der Waals surface area contributed by atoms with Crippen molar-refractivity contribution in [3.05, 3.63) is 41.6 Å². The van der Waals surface area contributed by atoms with Crippen LogP contribution in [0, 0.1) is 6.92 Å². The zero-order chi connectivity index (χ0) is 12.4. The van der Waals surface area contributed by atoms with Crippen LogP contribution in [0.3, 0.4) is 0 Å². The molecule has 94 valence electrons. The van der Waals surface area contributed by atoms with Gasteiger partial charge in [0.25, 0.3) is 0 Å². The molecule has 0 aliphatic carbocycles. The lowest BCUT2D eigenvalue weighted by molar-refractivity contribution is 0.150. The van der Waals surface area contributed by atoms with Crippen molar-refractivity contribution in [1.82, 2.24) is 10.3 Å². The van der Waals surface area contributed by atoms with Crippen LogP contribution in [0.15, 0.2) is 30.3 Å². The Bertz CT molecular complexity index is 545. The molecule has 1 atom stereocenters. The van der Waals surface area contributed by atoms with E-state index >= 15 is 0 Å². The van der Waals surface area contributed by atoms with Crippen LogP contribution in [-0.2, 0) is 4.74 Å². The number of nitrogens with zero attached hydrogens (tertiary/aromatic N) is 1. The maximum absolute atomic E-state index is 5.46. The standard InChI is InChI=1S/C15H18N2O/c1-11-2-3-12-4-5-14(17-15(12)10-11)13-6-8-18-9-7-16-13/h2-5,10,13,16H,6-9H2,1H3. The molecule has 0 radical (unpaired) electrons. The largest absolute Gasteiger partial charge is 0.380 e. The Hall–Kier alpha value is -1.45. The van der Waals surface area contributed by atoms with Crippen molar-refractivity contribution in [2.24, 2.45) is 0 Å². The highest BCUT2D eigenvalue weighted by molar-refractivity contribution is 5.79. The average molecular weight is 242 g/mol. The number of hydrogen-bond acceptors (Lipinski definition) is 3. The first-order valence-electron chi connectivity index (χ1n) is 6.51. The molecule has 0 saturated carbocycles. The average Bonchev–Trinajstić information content (AvgIpc) is 2.66. The van der Waals surface area contributed by atoms with Gasteiger partial charge in [-0.05, 0) is 31.0 Å². The first kappa shape index (κ1) is 11.6. The van der Waals surface area contributed by atoms with Gasteiger partial charge in [-0.15, -0.1) is 0 Å². The Kier molecular flexibility index (Phi) is 3.26. The summed E-state index contributed by atoms with van der Waals surface area (Å²) in [6, 6.07) is 11.0. The van der Waals surface area contributed by atoms with Crippen molar-refractivity contribution in [1.29, 1.82) is 0 Å². The molecule has 3 heteroatoms.